The Balaban J connectivity index is 1.98. The summed E-state index contributed by atoms with van der Waals surface area (Å²) in [5, 5.41) is 15.6. The number of hydrogen-bond acceptors (Lipinski definition) is 2. The lowest BCUT2D eigenvalue weighted by atomic mass is 9.60. The Hall–Kier alpha value is -1.58. The minimum absolute atomic E-state index is 0.274. The topological polar surface area (TPSA) is 32.3 Å². The maximum Gasteiger partial charge on any atom is 0.133 e. The molecule has 1 aliphatic carbocycles. The Morgan fingerprint density at radius 3 is 2.58 bits per heavy atom. The van der Waals surface area contributed by atoms with Gasteiger partial charge in [0.25, 0.3) is 0 Å². The Morgan fingerprint density at radius 2 is 1.85 bits per heavy atom. The normalized spacial score (nSPS) is 29.0. The van der Waals surface area contributed by atoms with Crippen molar-refractivity contribution in [2.24, 2.45) is 0 Å². The van der Waals surface area contributed by atoms with Gasteiger partial charge in [0.2, 0.25) is 0 Å². The number of aliphatic hydroxyl groups is 1. The first-order chi connectivity index (χ1) is 12.1. The first-order valence-electron chi connectivity index (χ1n) is 9.21. The molecule has 2 aromatic rings. The molecule has 2 unspecified atom stereocenters. The molecule has 1 heterocycles. The number of nitrogens with one attached hydrogen (secondary N) is 1. The van der Waals surface area contributed by atoms with E-state index in [1.165, 1.54) is 0 Å². The fraction of sp³-hybridized carbons (Fsp3) is 0.455. The van der Waals surface area contributed by atoms with Crippen LogP contribution in [0.15, 0.2) is 30.3 Å². The molecule has 0 radical (unpaired) electrons. The van der Waals surface area contributed by atoms with Crippen LogP contribution < -0.4 is 5.32 Å². The highest BCUT2D eigenvalue weighted by molar-refractivity contribution is 6.31. The maximum atomic E-state index is 15.0. The van der Waals surface area contributed by atoms with Crippen LogP contribution >= 0.6 is 11.6 Å². The van der Waals surface area contributed by atoms with Crippen LogP contribution in [0, 0.1) is 12.7 Å². The number of fused-ring (bicyclic) bond motifs is 3. The van der Waals surface area contributed by atoms with Gasteiger partial charge in [0.15, 0.2) is 0 Å². The summed E-state index contributed by atoms with van der Waals surface area (Å²) in [6.07, 6.45) is 2.59. The van der Waals surface area contributed by atoms with Crippen LogP contribution in [0.4, 0.5) is 10.1 Å². The number of halogens is 2. The van der Waals surface area contributed by atoms with E-state index in [-0.39, 0.29) is 5.82 Å². The molecule has 2 N–H and O–H groups in total. The van der Waals surface area contributed by atoms with E-state index in [1.807, 2.05) is 45.0 Å². The Bertz CT molecular complexity index is 909. The summed E-state index contributed by atoms with van der Waals surface area (Å²) in [7, 11) is 0. The van der Waals surface area contributed by atoms with Crippen molar-refractivity contribution in [3.63, 3.8) is 0 Å². The monoisotopic (exact) mass is 373 g/mol. The van der Waals surface area contributed by atoms with E-state index in [2.05, 4.69) is 12.2 Å². The summed E-state index contributed by atoms with van der Waals surface area (Å²) in [5.74, 6) is -0.274. The second kappa shape index (κ2) is 5.46. The highest BCUT2D eigenvalue weighted by Crippen LogP contribution is 2.59. The molecule has 0 spiro atoms. The smallest absolute Gasteiger partial charge is 0.133 e. The molecule has 0 saturated heterocycles. The van der Waals surface area contributed by atoms with E-state index < -0.39 is 16.6 Å². The molecule has 0 amide bonds. The molecule has 2 aliphatic rings. The van der Waals surface area contributed by atoms with E-state index in [0.29, 0.717) is 10.6 Å². The van der Waals surface area contributed by atoms with Gasteiger partial charge in [0.05, 0.1) is 11.1 Å². The molecule has 2 nitrogen and oxygen atoms in total. The lowest BCUT2D eigenvalue weighted by Crippen LogP contribution is -2.65. The molecule has 4 rings (SSSR count). The van der Waals surface area contributed by atoms with E-state index in [4.69, 9.17) is 11.6 Å². The quantitative estimate of drug-likeness (QED) is 0.659. The van der Waals surface area contributed by atoms with Crippen LogP contribution in [-0.2, 0) is 5.41 Å². The van der Waals surface area contributed by atoms with Crippen LogP contribution in [0.5, 0.6) is 0 Å². The lowest BCUT2D eigenvalue weighted by Gasteiger charge is -2.55. The van der Waals surface area contributed by atoms with Gasteiger partial charge in [-0.25, -0.2) is 4.39 Å². The van der Waals surface area contributed by atoms with Gasteiger partial charge in [-0.1, -0.05) is 30.7 Å². The molecule has 0 bridgehead atoms. The summed E-state index contributed by atoms with van der Waals surface area (Å²) in [5.41, 5.74) is 2.18. The fourth-order valence-corrected chi connectivity index (χ4v) is 5.39. The summed E-state index contributed by atoms with van der Waals surface area (Å²) in [6, 6.07) is 9.06. The summed E-state index contributed by atoms with van der Waals surface area (Å²) in [6.45, 7) is 8.04. The first-order valence-corrected chi connectivity index (χ1v) is 9.59. The molecule has 1 saturated carbocycles. The van der Waals surface area contributed by atoms with Crippen LogP contribution in [0.3, 0.4) is 0 Å². The molecule has 26 heavy (non-hydrogen) atoms. The molecular weight excluding hydrogens is 349 g/mol. The van der Waals surface area contributed by atoms with Crippen molar-refractivity contribution in [3.05, 3.63) is 52.3 Å². The molecule has 1 fully saturated rings. The number of benzene rings is 2. The summed E-state index contributed by atoms with van der Waals surface area (Å²) >= 11 is 6.26. The highest BCUT2D eigenvalue weighted by Gasteiger charge is 2.62. The zero-order chi connectivity index (χ0) is 18.9. The molecule has 138 valence electrons. The predicted molar refractivity (Wildman–Crippen MR) is 105 cm³/mol. The van der Waals surface area contributed by atoms with Crippen molar-refractivity contribution >= 4 is 17.3 Å². The molecule has 2 aromatic carbocycles. The van der Waals surface area contributed by atoms with Crippen LogP contribution in [0.25, 0.3) is 11.1 Å². The van der Waals surface area contributed by atoms with Crippen molar-refractivity contribution in [2.75, 3.05) is 5.32 Å². The number of rotatable bonds is 1. The van der Waals surface area contributed by atoms with Crippen molar-refractivity contribution in [1.29, 1.82) is 0 Å². The average molecular weight is 374 g/mol. The van der Waals surface area contributed by atoms with E-state index >= 15 is 4.39 Å². The van der Waals surface area contributed by atoms with E-state index in [1.54, 1.807) is 6.07 Å². The molecule has 4 heteroatoms. The van der Waals surface area contributed by atoms with Crippen LogP contribution in [0.1, 0.15) is 51.2 Å². The Kier molecular flexibility index (Phi) is 3.74. The highest BCUT2D eigenvalue weighted by atomic mass is 35.5. The van der Waals surface area contributed by atoms with Gasteiger partial charge >= 0.3 is 0 Å². The third-order valence-corrected chi connectivity index (χ3v) is 7.28. The number of anilines is 1. The minimum atomic E-state index is -0.870. The SMILES string of the molecule is Cc1c(Cl)cccc1-c1cc2c(cc1F)NC(C)(C)C1(O)CCCC21C. The van der Waals surface area contributed by atoms with Crippen molar-refractivity contribution in [1.82, 2.24) is 0 Å². The first kappa shape index (κ1) is 17.8. The zero-order valence-corrected chi connectivity index (χ0v) is 16.5. The van der Waals surface area contributed by atoms with Gasteiger partial charge in [0, 0.05) is 21.7 Å². The van der Waals surface area contributed by atoms with Crippen molar-refractivity contribution in [3.8, 4) is 11.1 Å². The summed E-state index contributed by atoms with van der Waals surface area (Å²) in [4.78, 5) is 0. The minimum Gasteiger partial charge on any atom is -0.387 e. The van der Waals surface area contributed by atoms with Crippen LogP contribution in [-0.4, -0.2) is 16.2 Å². The number of hydrogen-bond donors (Lipinski definition) is 2. The average Bonchev–Trinajstić information content (AvgIpc) is 2.88. The molecule has 2 atom stereocenters. The molecular formula is C22H25ClFNO. The third kappa shape index (κ3) is 2.13. The van der Waals surface area contributed by atoms with Gasteiger partial charge in [-0.05, 0) is 74.9 Å². The van der Waals surface area contributed by atoms with Crippen molar-refractivity contribution in [2.45, 2.75) is 63.5 Å². The van der Waals surface area contributed by atoms with E-state index in [0.717, 1.165) is 41.6 Å². The zero-order valence-electron chi connectivity index (χ0n) is 15.7. The van der Waals surface area contributed by atoms with Crippen LogP contribution in [0.2, 0.25) is 5.02 Å². The second-order valence-corrected chi connectivity index (χ2v) is 8.99. The van der Waals surface area contributed by atoms with Gasteiger partial charge in [-0.2, -0.15) is 0 Å². The molecule has 0 aromatic heterocycles. The maximum absolute atomic E-state index is 15.0. The predicted octanol–water partition coefficient (Wildman–Crippen LogP) is 5.83. The van der Waals surface area contributed by atoms with Gasteiger partial charge < -0.3 is 10.4 Å². The van der Waals surface area contributed by atoms with Gasteiger partial charge in [-0.15, -0.1) is 0 Å². The molecule has 1 aliphatic heterocycles. The second-order valence-electron chi connectivity index (χ2n) is 8.59. The fourth-order valence-electron chi connectivity index (χ4n) is 5.22. The Morgan fingerprint density at radius 1 is 1.12 bits per heavy atom. The van der Waals surface area contributed by atoms with Gasteiger partial charge in [0.1, 0.15) is 5.82 Å². The lowest BCUT2D eigenvalue weighted by molar-refractivity contribution is -0.0628. The largest absolute Gasteiger partial charge is 0.387 e. The van der Waals surface area contributed by atoms with E-state index in [9.17, 15) is 5.11 Å². The standard InChI is InChI=1S/C22H25ClFNO/c1-13-14(7-5-8-17(13)23)15-11-16-19(12-18(15)24)25-20(2,3)22(26)10-6-9-21(16,22)4/h5,7-8,11-12,25-26H,6,9-10H2,1-4H3. The Labute approximate surface area is 159 Å². The van der Waals surface area contributed by atoms with Gasteiger partial charge in [-0.3, -0.25) is 0 Å². The summed E-state index contributed by atoms with van der Waals surface area (Å²) < 4.78 is 15.0. The third-order valence-electron chi connectivity index (χ3n) is 6.87. The van der Waals surface area contributed by atoms with Crippen molar-refractivity contribution < 1.29 is 9.50 Å².